The lowest BCUT2D eigenvalue weighted by atomic mass is 10.2. The summed E-state index contributed by atoms with van der Waals surface area (Å²) < 4.78 is 26.9. The second-order valence-corrected chi connectivity index (χ2v) is 8.95. The van der Waals surface area contributed by atoms with Gasteiger partial charge in [0.25, 0.3) is 0 Å². The lowest BCUT2D eigenvalue weighted by molar-refractivity contribution is 0.581. The van der Waals surface area contributed by atoms with Crippen LogP contribution in [0.15, 0.2) is 47.5 Å². The minimum atomic E-state index is -3.47. The first kappa shape index (κ1) is 19.5. The molecule has 1 aromatic carbocycles. The van der Waals surface area contributed by atoms with Gasteiger partial charge in [-0.05, 0) is 55.7 Å². The van der Waals surface area contributed by atoms with Crippen LogP contribution in [0.1, 0.15) is 49.2 Å². The van der Waals surface area contributed by atoms with Gasteiger partial charge >= 0.3 is 0 Å². The third kappa shape index (κ3) is 4.99. The zero-order valence-electron chi connectivity index (χ0n) is 16.2. The van der Waals surface area contributed by atoms with Gasteiger partial charge in [0.05, 0.1) is 16.3 Å². The van der Waals surface area contributed by atoms with Crippen molar-refractivity contribution in [3.63, 3.8) is 0 Å². The molecule has 1 aliphatic rings. The molecule has 3 aromatic rings. The van der Waals surface area contributed by atoms with Crippen molar-refractivity contribution in [1.82, 2.24) is 24.9 Å². The van der Waals surface area contributed by atoms with E-state index in [1.54, 1.807) is 30.5 Å². The standard InChI is InChI=1S/C20H24N6O2S/c1-2-10-22-29(27,28)18-7-5-15(6-8-18)23-20-21-11-9-16(24-20)12-17-13-19(26-25-17)14-3-4-14/h5-9,11,13-14,22H,2-4,10,12H2,1H3,(H,25,26)(H,21,23,24). The molecule has 8 nitrogen and oxygen atoms in total. The van der Waals surface area contributed by atoms with Crippen LogP contribution < -0.4 is 10.0 Å². The summed E-state index contributed by atoms with van der Waals surface area (Å²) in [5.74, 6) is 1.08. The Balaban J connectivity index is 1.42. The summed E-state index contributed by atoms with van der Waals surface area (Å²) in [4.78, 5) is 9.03. The second-order valence-electron chi connectivity index (χ2n) is 7.19. The van der Waals surface area contributed by atoms with Gasteiger partial charge in [0.2, 0.25) is 16.0 Å². The molecule has 0 amide bonds. The molecule has 0 spiro atoms. The van der Waals surface area contributed by atoms with Crippen LogP contribution in [0.25, 0.3) is 0 Å². The number of sulfonamides is 1. The van der Waals surface area contributed by atoms with Gasteiger partial charge in [-0.15, -0.1) is 0 Å². The van der Waals surface area contributed by atoms with Crippen LogP contribution >= 0.6 is 0 Å². The van der Waals surface area contributed by atoms with E-state index in [1.165, 1.54) is 12.8 Å². The zero-order valence-corrected chi connectivity index (χ0v) is 17.0. The Morgan fingerprint density at radius 2 is 1.97 bits per heavy atom. The number of hydrogen-bond donors (Lipinski definition) is 3. The molecule has 2 aromatic heterocycles. The highest BCUT2D eigenvalue weighted by Crippen LogP contribution is 2.39. The Morgan fingerprint density at radius 3 is 2.69 bits per heavy atom. The fourth-order valence-electron chi connectivity index (χ4n) is 2.97. The van der Waals surface area contributed by atoms with E-state index in [0.29, 0.717) is 30.5 Å². The number of hydrogen-bond acceptors (Lipinski definition) is 6. The molecular formula is C20H24N6O2S. The molecule has 9 heteroatoms. The molecule has 3 N–H and O–H groups in total. The minimum absolute atomic E-state index is 0.233. The minimum Gasteiger partial charge on any atom is -0.324 e. The van der Waals surface area contributed by atoms with Crippen LogP contribution in [-0.2, 0) is 16.4 Å². The van der Waals surface area contributed by atoms with Crippen molar-refractivity contribution < 1.29 is 8.42 Å². The van der Waals surface area contributed by atoms with Gasteiger partial charge < -0.3 is 5.32 Å². The van der Waals surface area contributed by atoms with Crippen molar-refractivity contribution in [3.8, 4) is 0 Å². The number of H-pyrrole nitrogens is 1. The van der Waals surface area contributed by atoms with Crippen LogP contribution in [0, 0.1) is 0 Å². The molecule has 1 fully saturated rings. The smallest absolute Gasteiger partial charge is 0.240 e. The van der Waals surface area contributed by atoms with Gasteiger partial charge in [-0.1, -0.05) is 6.92 Å². The predicted octanol–water partition coefficient (Wildman–Crippen LogP) is 3.10. The first-order valence-corrected chi connectivity index (χ1v) is 11.2. The summed E-state index contributed by atoms with van der Waals surface area (Å²) in [6.45, 7) is 2.34. The SMILES string of the molecule is CCCNS(=O)(=O)c1ccc(Nc2nccc(Cc3cc(C4CC4)n[nH]3)n2)cc1. The number of aromatic nitrogens is 4. The van der Waals surface area contributed by atoms with Crippen LogP contribution in [0.5, 0.6) is 0 Å². The molecule has 4 rings (SSSR count). The highest BCUT2D eigenvalue weighted by atomic mass is 32.2. The number of aromatic amines is 1. The first-order valence-electron chi connectivity index (χ1n) is 9.76. The third-order valence-corrected chi connectivity index (χ3v) is 6.17. The van der Waals surface area contributed by atoms with Crippen molar-refractivity contribution >= 4 is 21.7 Å². The average Bonchev–Trinajstić information content (AvgIpc) is 3.47. The Kier molecular flexibility index (Phi) is 5.59. The van der Waals surface area contributed by atoms with E-state index < -0.39 is 10.0 Å². The Morgan fingerprint density at radius 1 is 1.17 bits per heavy atom. The molecule has 0 bridgehead atoms. The molecule has 152 valence electrons. The lowest BCUT2D eigenvalue weighted by Gasteiger charge is -2.08. The maximum atomic E-state index is 12.2. The topological polar surface area (TPSA) is 113 Å². The Hall–Kier alpha value is -2.78. The van der Waals surface area contributed by atoms with Crippen molar-refractivity contribution in [2.24, 2.45) is 0 Å². The molecule has 0 atom stereocenters. The fraction of sp³-hybridized carbons (Fsp3) is 0.350. The summed E-state index contributed by atoms with van der Waals surface area (Å²) in [6, 6.07) is 10.5. The van der Waals surface area contributed by atoms with E-state index in [1.807, 2.05) is 13.0 Å². The van der Waals surface area contributed by atoms with Crippen LogP contribution in [0.3, 0.4) is 0 Å². The van der Waals surface area contributed by atoms with Crippen molar-refractivity contribution in [2.45, 2.75) is 43.4 Å². The average molecular weight is 413 g/mol. The van der Waals surface area contributed by atoms with E-state index in [0.717, 1.165) is 23.5 Å². The van der Waals surface area contributed by atoms with E-state index in [4.69, 9.17) is 0 Å². The summed E-state index contributed by atoms with van der Waals surface area (Å²) in [5, 5.41) is 10.6. The zero-order chi connectivity index (χ0) is 20.3. The van der Waals surface area contributed by atoms with Crippen LogP contribution in [0.2, 0.25) is 0 Å². The van der Waals surface area contributed by atoms with Crippen molar-refractivity contribution in [2.75, 3.05) is 11.9 Å². The van der Waals surface area contributed by atoms with E-state index in [9.17, 15) is 8.42 Å². The van der Waals surface area contributed by atoms with Gasteiger partial charge in [-0.2, -0.15) is 5.10 Å². The van der Waals surface area contributed by atoms with Crippen LogP contribution in [-0.4, -0.2) is 35.1 Å². The number of rotatable bonds is 9. The maximum Gasteiger partial charge on any atom is 0.240 e. The van der Waals surface area contributed by atoms with E-state index >= 15 is 0 Å². The normalized spacial score (nSPS) is 14.1. The van der Waals surface area contributed by atoms with E-state index in [-0.39, 0.29) is 4.90 Å². The molecule has 2 heterocycles. The number of nitrogens with zero attached hydrogens (tertiary/aromatic N) is 3. The highest BCUT2D eigenvalue weighted by Gasteiger charge is 2.26. The second kappa shape index (κ2) is 8.30. The Labute approximate surface area is 170 Å². The van der Waals surface area contributed by atoms with Gasteiger partial charge in [-0.3, -0.25) is 5.10 Å². The first-order chi connectivity index (χ1) is 14.0. The van der Waals surface area contributed by atoms with Gasteiger partial charge in [0.15, 0.2) is 0 Å². The molecule has 0 aliphatic heterocycles. The lowest BCUT2D eigenvalue weighted by Crippen LogP contribution is -2.24. The number of benzene rings is 1. The van der Waals surface area contributed by atoms with Gasteiger partial charge in [0.1, 0.15) is 0 Å². The predicted molar refractivity (Wildman–Crippen MR) is 111 cm³/mol. The molecule has 1 saturated carbocycles. The van der Waals surface area contributed by atoms with Crippen molar-refractivity contribution in [3.05, 3.63) is 59.7 Å². The summed E-state index contributed by atoms with van der Waals surface area (Å²) in [6.07, 6.45) is 5.54. The fourth-order valence-corrected chi connectivity index (χ4v) is 4.11. The molecule has 1 aliphatic carbocycles. The largest absolute Gasteiger partial charge is 0.324 e. The summed E-state index contributed by atoms with van der Waals surface area (Å²) >= 11 is 0. The van der Waals surface area contributed by atoms with Crippen molar-refractivity contribution in [1.29, 1.82) is 0 Å². The maximum absolute atomic E-state index is 12.2. The Bertz CT molecular complexity index is 1070. The monoisotopic (exact) mass is 412 g/mol. The van der Waals surface area contributed by atoms with Gasteiger partial charge in [-0.25, -0.2) is 23.1 Å². The van der Waals surface area contributed by atoms with Crippen LogP contribution in [0.4, 0.5) is 11.6 Å². The molecule has 0 saturated heterocycles. The number of nitrogens with one attached hydrogen (secondary N) is 3. The molecular weight excluding hydrogens is 388 g/mol. The molecule has 0 radical (unpaired) electrons. The molecule has 0 unspecified atom stereocenters. The molecule has 29 heavy (non-hydrogen) atoms. The summed E-state index contributed by atoms with van der Waals surface area (Å²) in [5.41, 5.74) is 3.76. The van der Waals surface area contributed by atoms with Gasteiger partial charge in [0, 0.05) is 36.5 Å². The summed E-state index contributed by atoms with van der Waals surface area (Å²) in [7, 11) is -3.47. The third-order valence-electron chi connectivity index (χ3n) is 4.69. The highest BCUT2D eigenvalue weighted by molar-refractivity contribution is 7.89. The van der Waals surface area contributed by atoms with E-state index in [2.05, 4.69) is 36.3 Å². The number of anilines is 2. The quantitative estimate of drug-likeness (QED) is 0.498.